The Morgan fingerprint density at radius 3 is 3.27 bits per heavy atom. The van der Waals surface area contributed by atoms with Crippen LogP contribution >= 0.6 is 0 Å². The normalized spacial score (nSPS) is 9.93. The lowest BCUT2D eigenvalue weighted by atomic mass is 10.2. The number of aromatic nitrogens is 3. The summed E-state index contributed by atoms with van der Waals surface area (Å²) < 4.78 is 0. The molecule has 4 nitrogen and oxygen atoms in total. The van der Waals surface area contributed by atoms with Crippen molar-refractivity contribution in [1.29, 1.82) is 0 Å². The third-order valence-corrected chi connectivity index (χ3v) is 2.02. The molecular weight excluding hydrogens is 188 g/mol. The van der Waals surface area contributed by atoms with Gasteiger partial charge in [0.2, 0.25) is 0 Å². The van der Waals surface area contributed by atoms with Crippen molar-refractivity contribution in [3.05, 3.63) is 24.0 Å². The monoisotopic (exact) mass is 200 g/mol. The van der Waals surface area contributed by atoms with E-state index in [-0.39, 0.29) is 0 Å². The van der Waals surface area contributed by atoms with Crippen LogP contribution in [-0.4, -0.2) is 28.8 Å². The molecule has 0 fully saturated rings. The van der Waals surface area contributed by atoms with Crippen molar-refractivity contribution in [2.45, 2.75) is 6.42 Å². The van der Waals surface area contributed by atoms with Crippen LogP contribution in [0.15, 0.2) is 18.5 Å². The SMILES string of the molecule is CNCCC#Cc1cnc2[nH]ncc2c1. The lowest BCUT2D eigenvalue weighted by Gasteiger charge is -1.90. The molecule has 2 heterocycles. The molecule has 0 spiro atoms. The number of hydrogen-bond donors (Lipinski definition) is 2. The molecule has 4 heteroatoms. The van der Waals surface area contributed by atoms with Crippen LogP contribution in [0.2, 0.25) is 0 Å². The third kappa shape index (κ3) is 2.33. The van der Waals surface area contributed by atoms with Gasteiger partial charge in [-0.1, -0.05) is 11.8 Å². The van der Waals surface area contributed by atoms with Gasteiger partial charge in [0.1, 0.15) is 0 Å². The summed E-state index contributed by atoms with van der Waals surface area (Å²) in [5.74, 6) is 6.14. The Morgan fingerprint density at radius 2 is 2.40 bits per heavy atom. The van der Waals surface area contributed by atoms with E-state index in [0.717, 1.165) is 29.6 Å². The van der Waals surface area contributed by atoms with Crippen LogP contribution in [0.4, 0.5) is 0 Å². The predicted molar refractivity (Wildman–Crippen MR) is 59.3 cm³/mol. The van der Waals surface area contributed by atoms with Gasteiger partial charge in [-0.25, -0.2) is 4.98 Å². The molecule has 0 aliphatic rings. The van der Waals surface area contributed by atoms with E-state index in [4.69, 9.17) is 0 Å². The molecule has 15 heavy (non-hydrogen) atoms. The minimum Gasteiger partial charge on any atom is -0.319 e. The van der Waals surface area contributed by atoms with Crippen molar-refractivity contribution >= 4 is 11.0 Å². The van der Waals surface area contributed by atoms with Crippen molar-refractivity contribution in [1.82, 2.24) is 20.5 Å². The van der Waals surface area contributed by atoms with E-state index in [9.17, 15) is 0 Å². The first kappa shape index (κ1) is 9.69. The highest BCUT2D eigenvalue weighted by molar-refractivity contribution is 5.75. The number of nitrogens with zero attached hydrogens (tertiary/aromatic N) is 2. The number of H-pyrrole nitrogens is 1. The zero-order valence-electron chi connectivity index (χ0n) is 8.54. The van der Waals surface area contributed by atoms with Crippen molar-refractivity contribution < 1.29 is 0 Å². The first-order chi connectivity index (χ1) is 7.40. The Bertz CT molecular complexity index is 504. The summed E-state index contributed by atoms with van der Waals surface area (Å²) in [5, 5.41) is 10.8. The Kier molecular flexibility index (Phi) is 2.96. The van der Waals surface area contributed by atoms with Gasteiger partial charge in [-0.15, -0.1) is 0 Å². The molecule has 0 unspecified atom stereocenters. The molecule has 2 aromatic rings. The average Bonchev–Trinajstić information content (AvgIpc) is 2.71. The van der Waals surface area contributed by atoms with Gasteiger partial charge in [0, 0.05) is 30.1 Å². The lowest BCUT2D eigenvalue weighted by molar-refractivity contribution is 0.818. The summed E-state index contributed by atoms with van der Waals surface area (Å²) in [6.45, 7) is 0.911. The fraction of sp³-hybridized carbons (Fsp3) is 0.273. The van der Waals surface area contributed by atoms with Crippen molar-refractivity contribution in [3.63, 3.8) is 0 Å². The fourth-order valence-electron chi connectivity index (χ4n) is 1.26. The van der Waals surface area contributed by atoms with E-state index in [1.807, 2.05) is 13.1 Å². The maximum atomic E-state index is 4.20. The van der Waals surface area contributed by atoms with Gasteiger partial charge >= 0.3 is 0 Å². The second kappa shape index (κ2) is 4.58. The van der Waals surface area contributed by atoms with Gasteiger partial charge in [-0.3, -0.25) is 5.10 Å². The molecule has 0 atom stereocenters. The predicted octanol–water partition coefficient (Wildman–Crippen LogP) is 0.919. The molecular formula is C11H12N4. The molecule has 0 saturated heterocycles. The van der Waals surface area contributed by atoms with Crippen LogP contribution in [0.25, 0.3) is 11.0 Å². The second-order valence-corrected chi connectivity index (χ2v) is 3.19. The van der Waals surface area contributed by atoms with E-state index < -0.39 is 0 Å². The van der Waals surface area contributed by atoms with Gasteiger partial charge in [-0.2, -0.15) is 5.10 Å². The minimum atomic E-state index is 0.802. The number of hydrogen-bond acceptors (Lipinski definition) is 3. The Balaban J connectivity index is 2.16. The van der Waals surface area contributed by atoms with Gasteiger partial charge in [0.05, 0.1) is 6.20 Å². The highest BCUT2D eigenvalue weighted by Gasteiger charge is 1.96. The topological polar surface area (TPSA) is 53.6 Å². The molecule has 0 amide bonds. The maximum absolute atomic E-state index is 4.20. The standard InChI is InChI=1S/C11H12N4/c1-12-5-3-2-4-9-6-10-8-14-15-11(10)13-7-9/h6-8,12H,3,5H2,1H3,(H,13,14,15). The smallest absolute Gasteiger partial charge is 0.155 e. The van der Waals surface area contributed by atoms with Crippen molar-refractivity contribution in [2.75, 3.05) is 13.6 Å². The largest absolute Gasteiger partial charge is 0.319 e. The Morgan fingerprint density at radius 1 is 1.47 bits per heavy atom. The molecule has 76 valence electrons. The van der Waals surface area contributed by atoms with Crippen LogP contribution < -0.4 is 5.32 Å². The summed E-state index contributed by atoms with van der Waals surface area (Å²) in [6.07, 6.45) is 4.36. The highest BCUT2D eigenvalue weighted by atomic mass is 15.1. The van der Waals surface area contributed by atoms with Gasteiger partial charge in [0.25, 0.3) is 0 Å². The number of rotatable bonds is 2. The number of pyridine rings is 1. The molecule has 0 saturated carbocycles. The van der Waals surface area contributed by atoms with Gasteiger partial charge < -0.3 is 5.32 Å². The summed E-state index contributed by atoms with van der Waals surface area (Å²) in [6, 6.07) is 1.98. The minimum absolute atomic E-state index is 0.802. The summed E-state index contributed by atoms with van der Waals surface area (Å²) in [4.78, 5) is 4.20. The summed E-state index contributed by atoms with van der Waals surface area (Å²) >= 11 is 0. The van der Waals surface area contributed by atoms with E-state index in [2.05, 4.69) is 32.3 Å². The van der Waals surface area contributed by atoms with Gasteiger partial charge in [0.15, 0.2) is 5.65 Å². The van der Waals surface area contributed by atoms with E-state index in [1.165, 1.54) is 0 Å². The molecule has 0 aliphatic heterocycles. The zero-order valence-corrected chi connectivity index (χ0v) is 8.54. The third-order valence-electron chi connectivity index (χ3n) is 2.02. The van der Waals surface area contributed by atoms with E-state index >= 15 is 0 Å². The van der Waals surface area contributed by atoms with E-state index in [0.29, 0.717) is 0 Å². The van der Waals surface area contributed by atoms with Crippen LogP contribution in [0.1, 0.15) is 12.0 Å². The van der Waals surface area contributed by atoms with Crippen molar-refractivity contribution in [3.8, 4) is 11.8 Å². The molecule has 2 rings (SSSR count). The average molecular weight is 200 g/mol. The van der Waals surface area contributed by atoms with Crippen LogP contribution in [0.3, 0.4) is 0 Å². The van der Waals surface area contributed by atoms with Gasteiger partial charge in [-0.05, 0) is 13.1 Å². The lowest BCUT2D eigenvalue weighted by Crippen LogP contribution is -2.05. The molecule has 0 aromatic carbocycles. The van der Waals surface area contributed by atoms with E-state index in [1.54, 1.807) is 12.4 Å². The number of aromatic amines is 1. The Hall–Kier alpha value is -1.86. The first-order valence-electron chi connectivity index (χ1n) is 4.83. The maximum Gasteiger partial charge on any atom is 0.155 e. The summed E-state index contributed by atoms with van der Waals surface area (Å²) in [7, 11) is 1.92. The van der Waals surface area contributed by atoms with Crippen molar-refractivity contribution in [2.24, 2.45) is 0 Å². The second-order valence-electron chi connectivity index (χ2n) is 3.19. The highest BCUT2D eigenvalue weighted by Crippen LogP contribution is 2.08. The summed E-state index contributed by atoms with van der Waals surface area (Å²) in [5.41, 5.74) is 1.73. The molecule has 0 aliphatic carbocycles. The molecule has 2 N–H and O–H groups in total. The first-order valence-corrected chi connectivity index (χ1v) is 4.83. The molecule has 0 bridgehead atoms. The zero-order chi connectivity index (χ0) is 10.5. The Labute approximate surface area is 88.1 Å². The quantitative estimate of drug-likeness (QED) is 0.560. The van der Waals surface area contributed by atoms with Crippen LogP contribution in [-0.2, 0) is 0 Å². The fourth-order valence-corrected chi connectivity index (χ4v) is 1.26. The van der Waals surface area contributed by atoms with Crippen LogP contribution in [0, 0.1) is 11.8 Å². The van der Waals surface area contributed by atoms with Crippen LogP contribution in [0.5, 0.6) is 0 Å². The molecule has 0 radical (unpaired) electrons. The molecule has 2 aromatic heterocycles. The number of nitrogens with one attached hydrogen (secondary N) is 2. The number of fused-ring (bicyclic) bond motifs is 1.